The highest BCUT2D eigenvalue weighted by Crippen LogP contribution is 2.31. The molecule has 114 valence electrons. The number of rotatable bonds is 4. The van der Waals surface area contributed by atoms with Gasteiger partial charge in [-0.05, 0) is 12.5 Å². The Balaban J connectivity index is 1.80. The lowest BCUT2D eigenvalue weighted by atomic mass is 9.92. The quantitative estimate of drug-likeness (QED) is 0.598. The van der Waals surface area contributed by atoms with Crippen LogP contribution < -0.4 is 10.0 Å². The molecule has 0 aliphatic carbocycles. The number of benzene rings is 1. The monoisotopic (exact) mass is 313 g/mol. The number of hydrogen-bond acceptors (Lipinski definition) is 6. The Hall–Kier alpha value is -1.55. The summed E-state index contributed by atoms with van der Waals surface area (Å²) >= 11 is 0. The number of nitro groups is 1. The number of sulfonamides is 1. The Morgan fingerprint density at radius 1 is 1.38 bits per heavy atom. The number of ether oxygens (including phenoxy) is 1. The lowest BCUT2D eigenvalue weighted by Crippen LogP contribution is -2.59. The summed E-state index contributed by atoms with van der Waals surface area (Å²) in [6.45, 7) is 1.69. The number of hydrogen-bond donors (Lipinski definition) is 2. The lowest BCUT2D eigenvalue weighted by Gasteiger charge is -2.38. The summed E-state index contributed by atoms with van der Waals surface area (Å²) in [7, 11) is -3.95. The normalized spacial score (nSPS) is 23.9. The van der Waals surface area contributed by atoms with E-state index in [-0.39, 0.29) is 23.1 Å². The van der Waals surface area contributed by atoms with Crippen LogP contribution in [0.4, 0.5) is 5.69 Å². The van der Waals surface area contributed by atoms with Crippen LogP contribution in [0.15, 0.2) is 29.2 Å². The Morgan fingerprint density at radius 2 is 2.10 bits per heavy atom. The van der Waals surface area contributed by atoms with Crippen molar-refractivity contribution in [3.05, 3.63) is 34.4 Å². The Morgan fingerprint density at radius 3 is 2.67 bits per heavy atom. The van der Waals surface area contributed by atoms with Crippen molar-refractivity contribution in [2.45, 2.75) is 23.0 Å². The van der Waals surface area contributed by atoms with Gasteiger partial charge in [0.15, 0.2) is 4.90 Å². The van der Waals surface area contributed by atoms with Crippen LogP contribution in [0.25, 0.3) is 0 Å². The van der Waals surface area contributed by atoms with E-state index in [1.807, 2.05) is 0 Å². The highest BCUT2D eigenvalue weighted by molar-refractivity contribution is 7.89. The fraction of sp³-hybridized carbons (Fsp3) is 0.500. The minimum absolute atomic E-state index is 0.279. The van der Waals surface area contributed by atoms with Gasteiger partial charge < -0.3 is 10.1 Å². The van der Waals surface area contributed by atoms with Gasteiger partial charge in [-0.2, -0.15) is 0 Å². The van der Waals surface area contributed by atoms with Gasteiger partial charge >= 0.3 is 0 Å². The molecule has 21 heavy (non-hydrogen) atoms. The van der Waals surface area contributed by atoms with Crippen molar-refractivity contribution in [3.8, 4) is 0 Å². The molecule has 0 radical (unpaired) electrons. The third-order valence-corrected chi connectivity index (χ3v) is 5.34. The van der Waals surface area contributed by atoms with Crippen molar-refractivity contribution >= 4 is 15.7 Å². The molecule has 0 bridgehead atoms. The molecular weight excluding hydrogens is 298 g/mol. The topological polar surface area (TPSA) is 111 Å². The zero-order valence-corrected chi connectivity index (χ0v) is 11.9. The van der Waals surface area contributed by atoms with Crippen LogP contribution in [0.3, 0.4) is 0 Å². The van der Waals surface area contributed by atoms with Crippen molar-refractivity contribution in [2.75, 3.05) is 19.7 Å². The van der Waals surface area contributed by atoms with Crippen LogP contribution >= 0.6 is 0 Å². The van der Waals surface area contributed by atoms with Crippen LogP contribution in [0.2, 0.25) is 0 Å². The molecule has 1 spiro atoms. The van der Waals surface area contributed by atoms with E-state index >= 15 is 0 Å². The second-order valence-corrected chi connectivity index (χ2v) is 7.03. The molecule has 2 aliphatic heterocycles. The summed E-state index contributed by atoms with van der Waals surface area (Å²) in [5.74, 6) is 0. The van der Waals surface area contributed by atoms with E-state index in [0.717, 1.165) is 0 Å². The van der Waals surface area contributed by atoms with E-state index in [2.05, 4.69) is 10.0 Å². The summed E-state index contributed by atoms with van der Waals surface area (Å²) in [5.41, 5.74) is -0.709. The van der Waals surface area contributed by atoms with E-state index in [9.17, 15) is 18.5 Å². The number of nitrogens with zero attached hydrogens (tertiary/aromatic N) is 1. The summed E-state index contributed by atoms with van der Waals surface area (Å²) in [6, 6.07) is 4.94. The molecule has 2 aliphatic rings. The van der Waals surface area contributed by atoms with Crippen LogP contribution in [0.1, 0.15) is 6.42 Å². The van der Waals surface area contributed by atoms with Gasteiger partial charge in [-0.25, -0.2) is 13.1 Å². The van der Waals surface area contributed by atoms with Crippen molar-refractivity contribution in [3.63, 3.8) is 0 Å². The van der Waals surface area contributed by atoms with Crippen LogP contribution in [0, 0.1) is 10.1 Å². The lowest BCUT2D eigenvalue weighted by molar-refractivity contribution is -0.387. The molecular formula is C12H15N3O5S. The average molecular weight is 313 g/mol. The van der Waals surface area contributed by atoms with Gasteiger partial charge in [0.1, 0.15) is 0 Å². The standard InChI is InChI=1S/C12H15N3O5S/c16-15(17)10-3-1-2-4-11(10)21(18,19)14-9-5-12(20-6-9)7-13-8-12/h1-4,9,13-14H,5-8H2. The summed E-state index contributed by atoms with van der Waals surface area (Å²) < 4.78 is 32.8. The SMILES string of the molecule is O=[N+]([O-])c1ccccc1S(=O)(=O)NC1COC2(CNC2)C1. The Bertz CT molecular complexity index is 671. The first-order valence-corrected chi connectivity index (χ1v) is 8.01. The maximum Gasteiger partial charge on any atom is 0.289 e. The molecule has 0 saturated carbocycles. The Kier molecular flexibility index (Phi) is 3.44. The number of nitrogens with one attached hydrogen (secondary N) is 2. The van der Waals surface area contributed by atoms with E-state index in [0.29, 0.717) is 19.5 Å². The fourth-order valence-electron chi connectivity index (χ4n) is 2.69. The second kappa shape index (κ2) is 5.02. The molecule has 2 heterocycles. The molecule has 2 saturated heterocycles. The molecule has 0 aromatic heterocycles. The summed E-state index contributed by atoms with van der Waals surface area (Å²) in [5, 5.41) is 14.0. The van der Waals surface area contributed by atoms with Crippen LogP contribution in [-0.4, -0.2) is 44.7 Å². The first kappa shape index (κ1) is 14.4. The average Bonchev–Trinajstić information content (AvgIpc) is 2.82. The highest BCUT2D eigenvalue weighted by Gasteiger charge is 2.46. The minimum atomic E-state index is -3.95. The third-order valence-electron chi connectivity index (χ3n) is 3.78. The largest absolute Gasteiger partial charge is 0.371 e. The molecule has 8 nitrogen and oxygen atoms in total. The molecule has 0 amide bonds. The van der Waals surface area contributed by atoms with Gasteiger partial charge in [-0.1, -0.05) is 12.1 Å². The van der Waals surface area contributed by atoms with Crippen LogP contribution in [0.5, 0.6) is 0 Å². The van der Waals surface area contributed by atoms with E-state index in [4.69, 9.17) is 4.74 Å². The first-order valence-electron chi connectivity index (χ1n) is 6.52. The molecule has 9 heteroatoms. The van der Waals surface area contributed by atoms with Crippen molar-refractivity contribution in [2.24, 2.45) is 0 Å². The third kappa shape index (κ3) is 2.64. The van der Waals surface area contributed by atoms with Crippen molar-refractivity contribution < 1.29 is 18.1 Å². The van der Waals surface area contributed by atoms with Crippen molar-refractivity contribution in [1.29, 1.82) is 0 Å². The van der Waals surface area contributed by atoms with Gasteiger partial charge in [0.25, 0.3) is 5.69 Å². The zero-order valence-electron chi connectivity index (χ0n) is 11.1. The highest BCUT2D eigenvalue weighted by atomic mass is 32.2. The molecule has 1 atom stereocenters. The smallest absolute Gasteiger partial charge is 0.289 e. The van der Waals surface area contributed by atoms with Gasteiger partial charge in [-0.3, -0.25) is 10.1 Å². The number of para-hydroxylation sites is 1. The molecule has 1 unspecified atom stereocenters. The molecule has 1 aromatic rings. The first-order chi connectivity index (χ1) is 9.92. The number of nitro benzene ring substituents is 1. The van der Waals surface area contributed by atoms with E-state index < -0.39 is 20.6 Å². The maximum atomic E-state index is 12.3. The zero-order chi connectivity index (χ0) is 15.1. The molecule has 1 aromatic carbocycles. The van der Waals surface area contributed by atoms with Gasteiger partial charge in [0.2, 0.25) is 10.0 Å². The second-order valence-electron chi connectivity index (χ2n) is 5.34. The maximum absolute atomic E-state index is 12.3. The fourth-order valence-corrected chi connectivity index (χ4v) is 4.08. The van der Waals surface area contributed by atoms with Gasteiger partial charge in [0.05, 0.1) is 17.1 Å². The molecule has 2 fully saturated rings. The summed E-state index contributed by atoms with van der Waals surface area (Å²) in [6.07, 6.45) is 0.569. The van der Waals surface area contributed by atoms with Crippen LogP contribution in [-0.2, 0) is 14.8 Å². The van der Waals surface area contributed by atoms with Crippen molar-refractivity contribution in [1.82, 2.24) is 10.0 Å². The predicted octanol–water partition coefficient (Wildman–Crippen LogP) is 0.00400. The minimum Gasteiger partial charge on any atom is -0.371 e. The summed E-state index contributed by atoms with van der Waals surface area (Å²) in [4.78, 5) is 9.93. The van der Waals surface area contributed by atoms with Gasteiger partial charge in [-0.15, -0.1) is 0 Å². The molecule has 3 rings (SSSR count). The van der Waals surface area contributed by atoms with E-state index in [1.54, 1.807) is 0 Å². The van der Waals surface area contributed by atoms with Gasteiger partial charge in [0, 0.05) is 25.2 Å². The Labute approximate surface area is 121 Å². The predicted molar refractivity (Wildman–Crippen MR) is 73.4 cm³/mol. The molecule has 2 N–H and O–H groups in total. The van der Waals surface area contributed by atoms with E-state index in [1.165, 1.54) is 24.3 Å².